The molecule has 0 spiro atoms. The number of carbonyl (C=O) groups is 2. The van der Waals surface area contributed by atoms with Crippen LogP contribution in [0.2, 0.25) is 0 Å². The normalized spacial score (nSPS) is 12.6. The number of aryl methyl sites for hydroxylation is 1. The molecule has 5 nitrogen and oxygen atoms in total. The van der Waals surface area contributed by atoms with Gasteiger partial charge in [-0.3, -0.25) is 0 Å². The molecule has 0 aromatic heterocycles. The second kappa shape index (κ2) is 7.11. The number of carboxylic acid groups (broad SMARTS) is 1. The standard InChI is InChI=1S/C16H23NO4/c1-11-7-5-6-8-12(11)9-13(10-14(18)19)17-15(20)21-16(2,3)4/h5-8,13H,9-10H2,1-4H3,(H,17,20)(H,18,19)/p-1/t13-/m0/s1. The summed E-state index contributed by atoms with van der Waals surface area (Å²) in [6, 6.07) is 7.08. The highest BCUT2D eigenvalue weighted by atomic mass is 16.6. The summed E-state index contributed by atoms with van der Waals surface area (Å²) in [5.41, 5.74) is 1.41. The van der Waals surface area contributed by atoms with Crippen LogP contribution < -0.4 is 10.4 Å². The van der Waals surface area contributed by atoms with Gasteiger partial charge in [-0.25, -0.2) is 4.79 Å². The first-order valence-electron chi connectivity index (χ1n) is 6.91. The number of rotatable bonds is 5. The average Bonchev–Trinajstić information content (AvgIpc) is 2.28. The zero-order valence-corrected chi connectivity index (χ0v) is 12.9. The van der Waals surface area contributed by atoms with Gasteiger partial charge in [0.05, 0.1) is 0 Å². The molecule has 21 heavy (non-hydrogen) atoms. The first-order valence-corrected chi connectivity index (χ1v) is 6.91. The summed E-state index contributed by atoms with van der Waals surface area (Å²) in [4.78, 5) is 22.6. The van der Waals surface area contributed by atoms with Crippen LogP contribution in [-0.2, 0) is 16.0 Å². The van der Waals surface area contributed by atoms with Gasteiger partial charge >= 0.3 is 6.09 Å². The largest absolute Gasteiger partial charge is 0.550 e. The quantitative estimate of drug-likeness (QED) is 0.893. The molecule has 0 aliphatic rings. The molecular weight excluding hydrogens is 270 g/mol. The van der Waals surface area contributed by atoms with Gasteiger partial charge in [-0.05, 0) is 45.2 Å². The minimum absolute atomic E-state index is 0.256. The summed E-state index contributed by atoms with van der Waals surface area (Å²) in [6.07, 6.45) is -0.463. The predicted molar refractivity (Wildman–Crippen MR) is 77.7 cm³/mol. The molecular formula is C16H22NO4-. The number of aliphatic carboxylic acids is 1. The Balaban J connectivity index is 2.75. The van der Waals surface area contributed by atoms with Crippen molar-refractivity contribution in [2.45, 2.75) is 52.2 Å². The monoisotopic (exact) mass is 292 g/mol. The Morgan fingerprint density at radius 1 is 1.29 bits per heavy atom. The summed E-state index contributed by atoms with van der Waals surface area (Å²) >= 11 is 0. The first-order chi connectivity index (χ1) is 9.67. The minimum Gasteiger partial charge on any atom is -0.550 e. The van der Waals surface area contributed by atoms with Gasteiger partial charge in [0.25, 0.3) is 0 Å². The van der Waals surface area contributed by atoms with Gasteiger partial charge in [0, 0.05) is 18.4 Å². The first kappa shape index (κ1) is 17.0. The molecule has 1 aromatic carbocycles. The molecule has 116 valence electrons. The molecule has 1 atom stereocenters. The topological polar surface area (TPSA) is 78.5 Å². The third-order valence-corrected chi connectivity index (χ3v) is 2.86. The molecule has 0 saturated carbocycles. The predicted octanol–water partition coefficient (Wildman–Crippen LogP) is 1.57. The molecule has 1 N–H and O–H groups in total. The van der Waals surface area contributed by atoms with Gasteiger partial charge in [-0.15, -0.1) is 0 Å². The lowest BCUT2D eigenvalue weighted by Crippen LogP contribution is -2.43. The number of carbonyl (C=O) groups excluding carboxylic acids is 2. The second-order valence-electron chi connectivity index (χ2n) is 6.05. The third-order valence-electron chi connectivity index (χ3n) is 2.86. The van der Waals surface area contributed by atoms with Crippen molar-refractivity contribution in [3.8, 4) is 0 Å². The molecule has 0 saturated heterocycles. The Hall–Kier alpha value is -2.04. The smallest absolute Gasteiger partial charge is 0.407 e. The molecule has 1 amide bonds. The molecule has 0 aliphatic heterocycles. The van der Waals surface area contributed by atoms with E-state index >= 15 is 0 Å². The fourth-order valence-corrected chi connectivity index (χ4v) is 1.95. The van der Waals surface area contributed by atoms with E-state index in [0.717, 1.165) is 11.1 Å². The van der Waals surface area contributed by atoms with E-state index in [1.54, 1.807) is 20.8 Å². The molecule has 1 aromatic rings. The van der Waals surface area contributed by atoms with Crippen molar-refractivity contribution >= 4 is 12.1 Å². The number of alkyl carbamates (subject to hydrolysis) is 1. The van der Waals surface area contributed by atoms with E-state index in [0.29, 0.717) is 6.42 Å². The lowest BCUT2D eigenvalue weighted by Gasteiger charge is -2.24. The Labute approximate surface area is 125 Å². The van der Waals surface area contributed by atoms with Gasteiger partial charge in [-0.2, -0.15) is 0 Å². The Morgan fingerprint density at radius 2 is 1.90 bits per heavy atom. The number of ether oxygens (including phenoxy) is 1. The number of nitrogens with one attached hydrogen (secondary N) is 1. The van der Waals surface area contributed by atoms with Crippen LogP contribution in [0.1, 0.15) is 38.3 Å². The van der Waals surface area contributed by atoms with Gasteiger partial charge in [0.2, 0.25) is 0 Å². The highest BCUT2D eigenvalue weighted by molar-refractivity contribution is 5.70. The van der Waals surface area contributed by atoms with Gasteiger partial charge < -0.3 is 20.0 Å². The van der Waals surface area contributed by atoms with E-state index in [1.807, 2.05) is 31.2 Å². The number of hydrogen-bond donors (Lipinski definition) is 1. The summed E-state index contributed by atoms with van der Waals surface area (Å²) in [6.45, 7) is 7.20. The van der Waals surface area contributed by atoms with Crippen molar-refractivity contribution < 1.29 is 19.4 Å². The molecule has 0 unspecified atom stereocenters. The maximum Gasteiger partial charge on any atom is 0.407 e. The summed E-state index contributed by atoms with van der Waals surface area (Å²) in [5, 5.41) is 13.4. The van der Waals surface area contributed by atoms with Crippen LogP contribution in [0, 0.1) is 6.92 Å². The summed E-state index contributed by atoms with van der Waals surface area (Å²) < 4.78 is 5.15. The van der Waals surface area contributed by atoms with Crippen molar-refractivity contribution in [1.29, 1.82) is 0 Å². The Kier molecular flexibility index (Phi) is 5.76. The second-order valence-corrected chi connectivity index (χ2v) is 6.05. The molecule has 0 aliphatic carbocycles. The van der Waals surface area contributed by atoms with E-state index in [9.17, 15) is 14.7 Å². The van der Waals surface area contributed by atoms with E-state index in [4.69, 9.17) is 4.74 Å². The van der Waals surface area contributed by atoms with Crippen molar-refractivity contribution in [2.75, 3.05) is 0 Å². The maximum atomic E-state index is 11.8. The minimum atomic E-state index is -1.20. The number of hydrogen-bond acceptors (Lipinski definition) is 4. The SMILES string of the molecule is Cc1ccccc1C[C@@H](CC(=O)[O-])NC(=O)OC(C)(C)C. The van der Waals surface area contributed by atoms with Crippen LogP contribution in [0.25, 0.3) is 0 Å². The zero-order valence-electron chi connectivity index (χ0n) is 12.9. The van der Waals surface area contributed by atoms with Crippen LogP contribution in [0.3, 0.4) is 0 Å². The average molecular weight is 292 g/mol. The van der Waals surface area contributed by atoms with Crippen LogP contribution >= 0.6 is 0 Å². The molecule has 0 radical (unpaired) electrons. The number of amides is 1. The molecule has 1 rings (SSSR count). The Bertz CT molecular complexity index is 505. The Morgan fingerprint density at radius 3 is 2.43 bits per heavy atom. The van der Waals surface area contributed by atoms with E-state index in [-0.39, 0.29) is 6.42 Å². The highest BCUT2D eigenvalue weighted by Gasteiger charge is 2.20. The van der Waals surface area contributed by atoms with Crippen molar-refractivity contribution in [1.82, 2.24) is 5.32 Å². The lowest BCUT2D eigenvalue weighted by atomic mass is 9.99. The molecule has 5 heteroatoms. The summed E-state index contributed by atoms with van der Waals surface area (Å²) in [7, 11) is 0. The fourth-order valence-electron chi connectivity index (χ4n) is 1.95. The van der Waals surface area contributed by atoms with Crippen molar-refractivity contribution in [2.24, 2.45) is 0 Å². The number of benzene rings is 1. The van der Waals surface area contributed by atoms with Gasteiger partial charge in [0.15, 0.2) is 0 Å². The van der Waals surface area contributed by atoms with Crippen LogP contribution in [0.15, 0.2) is 24.3 Å². The molecule has 0 heterocycles. The number of carboxylic acids is 1. The highest BCUT2D eigenvalue weighted by Crippen LogP contribution is 2.12. The van der Waals surface area contributed by atoms with Gasteiger partial charge in [-0.1, -0.05) is 24.3 Å². The third kappa shape index (κ3) is 6.79. The van der Waals surface area contributed by atoms with E-state index in [2.05, 4.69) is 5.32 Å². The maximum absolute atomic E-state index is 11.8. The van der Waals surface area contributed by atoms with Crippen LogP contribution in [0.4, 0.5) is 4.79 Å². The molecule has 0 bridgehead atoms. The molecule has 0 fully saturated rings. The van der Waals surface area contributed by atoms with Crippen molar-refractivity contribution in [3.63, 3.8) is 0 Å². The van der Waals surface area contributed by atoms with E-state index < -0.39 is 23.7 Å². The zero-order chi connectivity index (χ0) is 16.0. The van der Waals surface area contributed by atoms with E-state index in [1.165, 1.54) is 0 Å². The van der Waals surface area contributed by atoms with Crippen LogP contribution in [0.5, 0.6) is 0 Å². The fraction of sp³-hybridized carbons (Fsp3) is 0.500. The van der Waals surface area contributed by atoms with Crippen molar-refractivity contribution in [3.05, 3.63) is 35.4 Å². The van der Waals surface area contributed by atoms with Gasteiger partial charge in [0.1, 0.15) is 5.60 Å². The van der Waals surface area contributed by atoms with Crippen LogP contribution in [-0.4, -0.2) is 23.7 Å². The summed E-state index contributed by atoms with van der Waals surface area (Å²) in [5.74, 6) is -1.20. The lowest BCUT2D eigenvalue weighted by molar-refractivity contribution is -0.306.